The van der Waals surface area contributed by atoms with Crippen LogP contribution in [-0.2, 0) is 0 Å². The Balaban J connectivity index is 1.42. The molecule has 3 aromatic rings. The van der Waals surface area contributed by atoms with E-state index in [1.807, 2.05) is 12.1 Å². The van der Waals surface area contributed by atoms with Gasteiger partial charge in [0.15, 0.2) is 5.76 Å². The number of aromatic nitrogens is 2. The van der Waals surface area contributed by atoms with Gasteiger partial charge in [0, 0.05) is 6.07 Å². The Morgan fingerprint density at radius 2 is 2.00 bits per heavy atom. The number of hydrogen-bond acceptors (Lipinski definition) is 6. The first kappa shape index (κ1) is 17.3. The van der Waals surface area contributed by atoms with E-state index in [0.29, 0.717) is 35.3 Å². The first-order chi connectivity index (χ1) is 12.8. The summed E-state index contributed by atoms with van der Waals surface area (Å²) in [4.78, 5) is 11.9. The van der Waals surface area contributed by atoms with Crippen LogP contribution in [-0.4, -0.2) is 36.5 Å². The molecular formula is C18H18N4O4. The first-order valence-corrected chi connectivity index (χ1v) is 7.94. The van der Waals surface area contributed by atoms with Crippen molar-refractivity contribution in [3.63, 3.8) is 0 Å². The van der Waals surface area contributed by atoms with Crippen LogP contribution in [0.2, 0.25) is 0 Å². The Kier molecular flexibility index (Phi) is 5.66. The molecule has 0 bridgehead atoms. The van der Waals surface area contributed by atoms with E-state index < -0.39 is 0 Å². The van der Waals surface area contributed by atoms with Crippen molar-refractivity contribution in [2.24, 2.45) is 0 Å². The number of amides is 2. The second kappa shape index (κ2) is 8.52. The predicted octanol–water partition coefficient (Wildman–Crippen LogP) is 2.95. The molecule has 0 saturated carbocycles. The maximum Gasteiger partial charge on any atom is 0.319 e. The fraction of sp³-hybridized carbons (Fsp3) is 0.167. The number of furan rings is 1. The summed E-state index contributed by atoms with van der Waals surface area (Å²) in [6.45, 7) is 0.566. The molecule has 1 aromatic carbocycles. The van der Waals surface area contributed by atoms with E-state index in [1.54, 1.807) is 49.8 Å². The normalized spacial score (nSPS) is 10.2. The second-order valence-corrected chi connectivity index (χ2v) is 5.16. The van der Waals surface area contributed by atoms with Gasteiger partial charge >= 0.3 is 6.03 Å². The highest BCUT2D eigenvalue weighted by molar-refractivity contribution is 5.90. The van der Waals surface area contributed by atoms with Crippen LogP contribution in [0.4, 0.5) is 10.5 Å². The lowest BCUT2D eigenvalue weighted by atomic mass is 10.3. The average molecular weight is 354 g/mol. The summed E-state index contributed by atoms with van der Waals surface area (Å²) in [7, 11) is 1.55. The predicted molar refractivity (Wildman–Crippen MR) is 95.2 cm³/mol. The van der Waals surface area contributed by atoms with E-state index >= 15 is 0 Å². The fourth-order valence-corrected chi connectivity index (χ4v) is 2.19. The standard InChI is InChI=1S/C18H18N4O4/c1-24-15-6-3-2-5-13(15)20-18(23)19-10-12-26-17-9-8-14(21-22-17)16-7-4-11-25-16/h2-9,11H,10,12H2,1H3,(H2,19,20,23). The van der Waals surface area contributed by atoms with Gasteiger partial charge in [-0.25, -0.2) is 4.79 Å². The Morgan fingerprint density at radius 1 is 1.12 bits per heavy atom. The molecule has 26 heavy (non-hydrogen) atoms. The van der Waals surface area contributed by atoms with E-state index in [-0.39, 0.29) is 12.6 Å². The number of benzene rings is 1. The number of urea groups is 1. The number of hydrogen-bond donors (Lipinski definition) is 2. The smallest absolute Gasteiger partial charge is 0.319 e. The summed E-state index contributed by atoms with van der Waals surface area (Å²) in [6.07, 6.45) is 1.57. The van der Waals surface area contributed by atoms with Gasteiger partial charge in [0.2, 0.25) is 5.88 Å². The number of methoxy groups -OCH3 is 1. The van der Waals surface area contributed by atoms with E-state index in [1.165, 1.54) is 0 Å². The number of ether oxygens (including phenoxy) is 2. The number of rotatable bonds is 7. The van der Waals surface area contributed by atoms with Crippen molar-refractivity contribution in [3.05, 3.63) is 54.8 Å². The lowest BCUT2D eigenvalue weighted by Gasteiger charge is -2.11. The highest BCUT2D eigenvalue weighted by atomic mass is 16.5. The Morgan fingerprint density at radius 3 is 2.73 bits per heavy atom. The van der Waals surface area contributed by atoms with Crippen LogP contribution in [0.1, 0.15) is 0 Å². The molecule has 0 aliphatic carbocycles. The number of para-hydroxylation sites is 2. The van der Waals surface area contributed by atoms with Gasteiger partial charge in [0.1, 0.15) is 18.1 Å². The Bertz CT molecular complexity index is 835. The summed E-state index contributed by atoms with van der Waals surface area (Å²) in [5.74, 6) is 1.59. The van der Waals surface area contributed by atoms with Gasteiger partial charge < -0.3 is 24.5 Å². The van der Waals surface area contributed by atoms with Crippen LogP contribution in [0.25, 0.3) is 11.5 Å². The molecule has 2 heterocycles. The molecule has 0 saturated heterocycles. The lowest BCUT2D eigenvalue weighted by Crippen LogP contribution is -2.32. The Hall–Kier alpha value is -3.55. The molecular weight excluding hydrogens is 336 g/mol. The van der Waals surface area contributed by atoms with E-state index in [0.717, 1.165) is 0 Å². The van der Waals surface area contributed by atoms with Gasteiger partial charge in [-0.3, -0.25) is 0 Å². The van der Waals surface area contributed by atoms with Gasteiger partial charge in [-0.15, -0.1) is 10.2 Å². The van der Waals surface area contributed by atoms with E-state index in [2.05, 4.69) is 20.8 Å². The summed E-state index contributed by atoms with van der Waals surface area (Å²) in [6, 6.07) is 13.8. The highest BCUT2D eigenvalue weighted by Gasteiger charge is 2.07. The van der Waals surface area contributed by atoms with Crippen LogP contribution in [0.15, 0.2) is 59.2 Å². The van der Waals surface area contributed by atoms with Gasteiger partial charge in [-0.1, -0.05) is 12.1 Å². The summed E-state index contributed by atoms with van der Waals surface area (Å²) in [5.41, 5.74) is 1.21. The van der Waals surface area contributed by atoms with Gasteiger partial charge in [0.05, 0.1) is 25.6 Å². The van der Waals surface area contributed by atoms with Crippen molar-refractivity contribution in [2.75, 3.05) is 25.6 Å². The van der Waals surface area contributed by atoms with Crippen LogP contribution in [0.5, 0.6) is 11.6 Å². The van der Waals surface area contributed by atoms with E-state index in [9.17, 15) is 4.79 Å². The second-order valence-electron chi connectivity index (χ2n) is 5.16. The zero-order valence-electron chi connectivity index (χ0n) is 14.1. The molecule has 8 nitrogen and oxygen atoms in total. The number of nitrogens with one attached hydrogen (secondary N) is 2. The van der Waals surface area contributed by atoms with Crippen molar-refractivity contribution >= 4 is 11.7 Å². The summed E-state index contributed by atoms with van der Waals surface area (Å²) >= 11 is 0. The number of carbonyl (C=O) groups is 1. The molecule has 0 aliphatic heterocycles. The quantitative estimate of drug-likeness (QED) is 0.633. The molecule has 0 spiro atoms. The third kappa shape index (κ3) is 4.50. The summed E-state index contributed by atoms with van der Waals surface area (Å²) in [5, 5.41) is 13.4. The van der Waals surface area contributed by atoms with E-state index in [4.69, 9.17) is 13.9 Å². The largest absolute Gasteiger partial charge is 0.495 e. The number of carbonyl (C=O) groups excluding carboxylic acids is 1. The van der Waals surface area contributed by atoms with Crippen molar-refractivity contribution in [3.8, 4) is 23.1 Å². The lowest BCUT2D eigenvalue weighted by molar-refractivity contribution is 0.246. The zero-order chi connectivity index (χ0) is 18.2. The molecule has 0 unspecified atom stereocenters. The molecule has 2 amide bonds. The highest BCUT2D eigenvalue weighted by Crippen LogP contribution is 2.22. The van der Waals surface area contributed by atoms with Gasteiger partial charge in [0.25, 0.3) is 0 Å². The Labute approximate surface area is 150 Å². The minimum atomic E-state index is -0.350. The molecule has 3 rings (SSSR count). The van der Waals surface area contributed by atoms with Gasteiger partial charge in [-0.2, -0.15) is 0 Å². The summed E-state index contributed by atoms with van der Waals surface area (Å²) < 4.78 is 15.9. The SMILES string of the molecule is COc1ccccc1NC(=O)NCCOc1ccc(-c2ccco2)nn1. The van der Waals surface area contributed by atoms with Crippen molar-refractivity contribution in [1.29, 1.82) is 0 Å². The topological polar surface area (TPSA) is 98.5 Å². The molecule has 0 fully saturated rings. The molecule has 134 valence electrons. The zero-order valence-corrected chi connectivity index (χ0v) is 14.1. The number of anilines is 1. The van der Waals surface area contributed by atoms with Crippen molar-refractivity contribution in [1.82, 2.24) is 15.5 Å². The average Bonchev–Trinajstić information content (AvgIpc) is 3.21. The molecule has 0 aliphatic rings. The molecule has 8 heteroatoms. The third-order valence-electron chi connectivity index (χ3n) is 3.41. The first-order valence-electron chi connectivity index (χ1n) is 7.94. The third-order valence-corrected chi connectivity index (χ3v) is 3.41. The van der Waals surface area contributed by atoms with Crippen LogP contribution >= 0.6 is 0 Å². The molecule has 0 radical (unpaired) electrons. The fourth-order valence-electron chi connectivity index (χ4n) is 2.19. The van der Waals surface area contributed by atoms with Crippen molar-refractivity contribution < 1.29 is 18.7 Å². The minimum Gasteiger partial charge on any atom is -0.495 e. The number of nitrogens with zero attached hydrogens (tertiary/aromatic N) is 2. The molecule has 2 N–H and O–H groups in total. The molecule has 0 atom stereocenters. The van der Waals surface area contributed by atoms with Crippen LogP contribution in [0.3, 0.4) is 0 Å². The maximum atomic E-state index is 11.9. The minimum absolute atomic E-state index is 0.258. The monoisotopic (exact) mass is 354 g/mol. The molecule has 2 aromatic heterocycles. The van der Waals surface area contributed by atoms with Crippen LogP contribution < -0.4 is 20.1 Å². The van der Waals surface area contributed by atoms with Gasteiger partial charge in [-0.05, 0) is 30.3 Å². The van der Waals surface area contributed by atoms with Crippen LogP contribution in [0, 0.1) is 0 Å². The van der Waals surface area contributed by atoms with Crippen molar-refractivity contribution in [2.45, 2.75) is 0 Å². The maximum absolute atomic E-state index is 11.9.